The maximum atomic E-state index is 13.2. The molecule has 0 bridgehead atoms. The van der Waals surface area contributed by atoms with Gasteiger partial charge in [-0.2, -0.15) is 5.26 Å². The van der Waals surface area contributed by atoms with Crippen LogP contribution in [0.15, 0.2) is 93.7 Å². The zero-order valence-corrected chi connectivity index (χ0v) is 18.6. The number of thioether (sulfide) groups is 1. The molecule has 3 rings (SSSR count). The van der Waals surface area contributed by atoms with E-state index in [0.29, 0.717) is 16.5 Å². The molecule has 0 amide bonds. The van der Waals surface area contributed by atoms with Gasteiger partial charge >= 0.3 is 0 Å². The van der Waals surface area contributed by atoms with E-state index in [1.807, 2.05) is 37.3 Å². The Hall–Kier alpha value is -2.72. The average Bonchev–Trinajstić information content (AvgIpc) is 2.73. The number of rotatable bonds is 7. The van der Waals surface area contributed by atoms with Gasteiger partial charge in [-0.15, -0.1) is 11.8 Å². The van der Waals surface area contributed by atoms with Crippen LogP contribution >= 0.6 is 23.4 Å². The van der Waals surface area contributed by atoms with Crippen molar-refractivity contribution in [1.82, 2.24) is 0 Å². The Morgan fingerprint density at radius 3 is 2.43 bits per heavy atom. The summed E-state index contributed by atoms with van der Waals surface area (Å²) >= 11 is 7.33. The number of sulfone groups is 1. The topological polar surface area (TPSA) is 70.0 Å². The lowest BCUT2D eigenvalue weighted by Crippen LogP contribution is -2.10. The van der Waals surface area contributed by atoms with Crippen molar-refractivity contribution in [1.29, 1.82) is 5.26 Å². The van der Waals surface area contributed by atoms with E-state index in [9.17, 15) is 13.7 Å². The number of benzene rings is 3. The summed E-state index contributed by atoms with van der Waals surface area (Å²) in [5.41, 5.74) is 2.74. The number of hydrogen-bond acceptors (Lipinski definition) is 5. The second-order valence-corrected chi connectivity index (χ2v) is 9.81. The zero-order chi connectivity index (χ0) is 21.6. The second-order valence-electron chi connectivity index (χ2n) is 6.50. The van der Waals surface area contributed by atoms with E-state index in [1.165, 1.54) is 23.9 Å². The zero-order valence-electron chi connectivity index (χ0n) is 16.2. The molecule has 3 aromatic rings. The Labute approximate surface area is 186 Å². The van der Waals surface area contributed by atoms with Crippen LogP contribution in [0.25, 0.3) is 0 Å². The lowest BCUT2D eigenvalue weighted by molar-refractivity contribution is 0.603. The van der Waals surface area contributed by atoms with E-state index < -0.39 is 9.84 Å². The molecule has 4 nitrogen and oxygen atoms in total. The molecule has 0 fully saturated rings. The van der Waals surface area contributed by atoms with Crippen LogP contribution in [0.1, 0.15) is 11.1 Å². The fourth-order valence-electron chi connectivity index (χ4n) is 2.76. The highest BCUT2D eigenvalue weighted by atomic mass is 35.5. The van der Waals surface area contributed by atoms with Crippen LogP contribution in [0.2, 0.25) is 5.02 Å². The molecule has 152 valence electrons. The van der Waals surface area contributed by atoms with Crippen LogP contribution in [-0.2, 0) is 15.6 Å². The van der Waals surface area contributed by atoms with Crippen LogP contribution in [0.5, 0.6) is 0 Å². The Balaban J connectivity index is 2.04. The van der Waals surface area contributed by atoms with Gasteiger partial charge in [-0.3, -0.25) is 0 Å². The summed E-state index contributed by atoms with van der Waals surface area (Å²) in [6.45, 7) is 2.00. The maximum Gasteiger partial charge on any atom is 0.219 e. The smallest absolute Gasteiger partial charge is 0.219 e. The predicted molar refractivity (Wildman–Crippen MR) is 124 cm³/mol. The van der Waals surface area contributed by atoms with Gasteiger partial charge in [0.15, 0.2) is 4.91 Å². The van der Waals surface area contributed by atoms with Crippen LogP contribution in [0.4, 0.5) is 5.69 Å². The molecule has 0 aliphatic heterocycles. The molecule has 0 unspecified atom stereocenters. The summed E-state index contributed by atoms with van der Waals surface area (Å²) in [4.78, 5) is -0.255. The van der Waals surface area contributed by atoms with Crippen LogP contribution in [0.3, 0.4) is 0 Å². The first kappa shape index (κ1) is 22.0. The quantitative estimate of drug-likeness (QED) is 0.433. The molecule has 30 heavy (non-hydrogen) atoms. The van der Waals surface area contributed by atoms with Crippen molar-refractivity contribution >= 4 is 38.9 Å². The van der Waals surface area contributed by atoms with Crippen molar-refractivity contribution < 1.29 is 8.42 Å². The van der Waals surface area contributed by atoms with Crippen molar-refractivity contribution in [3.05, 3.63) is 105 Å². The van der Waals surface area contributed by atoms with Crippen molar-refractivity contribution in [2.24, 2.45) is 0 Å². The SMILES string of the molecule is Cc1cccc(CS/C(Nc2cccc(Cl)c2)=C(\C#N)S(=O)(=O)c2ccccc2)c1. The molecule has 7 heteroatoms. The molecule has 0 atom stereocenters. The van der Waals surface area contributed by atoms with Crippen molar-refractivity contribution in [3.63, 3.8) is 0 Å². The van der Waals surface area contributed by atoms with Crippen molar-refractivity contribution in [2.45, 2.75) is 17.6 Å². The monoisotopic (exact) mass is 454 g/mol. The van der Waals surface area contributed by atoms with Gasteiger partial charge in [0.1, 0.15) is 11.1 Å². The number of hydrogen-bond donors (Lipinski definition) is 1. The van der Waals surface area contributed by atoms with E-state index in [0.717, 1.165) is 11.1 Å². The summed E-state index contributed by atoms with van der Waals surface area (Å²) in [6, 6.07) is 24.7. The van der Waals surface area contributed by atoms with Gasteiger partial charge in [-0.1, -0.05) is 65.7 Å². The van der Waals surface area contributed by atoms with Gasteiger partial charge in [0.2, 0.25) is 9.84 Å². The van der Waals surface area contributed by atoms with E-state index in [4.69, 9.17) is 11.6 Å². The third kappa shape index (κ3) is 5.45. The molecule has 0 saturated carbocycles. The molecule has 0 aliphatic carbocycles. The van der Waals surface area contributed by atoms with Gasteiger partial charge in [-0.25, -0.2) is 8.42 Å². The van der Waals surface area contributed by atoms with E-state index >= 15 is 0 Å². The van der Waals surface area contributed by atoms with E-state index in [2.05, 4.69) is 5.32 Å². The first-order valence-electron chi connectivity index (χ1n) is 9.05. The molecule has 0 aliphatic rings. The molecule has 0 spiro atoms. The molecular formula is C23H19ClN2O2S2. The number of allylic oxidation sites excluding steroid dienone is 1. The van der Waals surface area contributed by atoms with Crippen LogP contribution in [-0.4, -0.2) is 8.42 Å². The molecular weight excluding hydrogens is 436 g/mol. The highest BCUT2D eigenvalue weighted by Gasteiger charge is 2.25. The lowest BCUT2D eigenvalue weighted by Gasteiger charge is -2.14. The largest absolute Gasteiger partial charge is 0.348 e. The lowest BCUT2D eigenvalue weighted by atomic mass is 10.2. The maximum absolute atomic E-state index is 13.2. The highest BCUT2D eigenvalue weighted by molar-refractivity contribution is 8.04. The van der Waals surface area contributed by atoms with E-state index in [-0.39, 0.29) is 14.8 Å². The number of halogens is 1. The molecule has 0 aromatic heterocycles. The average molecular weight is 455 g/mol. The Bertz CT molecular complexity index is 1220. The first-order chi connectivity index (χ1) is 14.4. The first-order valence-corrected chi connectivity index (χ1v) is 11.9. The summed E-state index contributed by atoms with van der Waals surface area (Å²) < 4.78 is 26.3. The summed E-state index contributed by atoms with van der Waals surface area (Å²) in [6.07, 6.45) is 0. The molecule has 0 heterocycles. The van der Waals surface area contributed by atoms with Crippen molar-refractivity contribution in [3.8, 4) is 6.07 Å². The number of nitrogens with one attached hydrogen (secondary N) is 1. The Morgan fingerprint density at radius 1 is 1.03 bits per heavy atom. The van der Waals surface area contributed by atoms with Gasteiger partial charge in [0.05, 0.1) is 4.90 Å². The summed E-state index contributed by atoms with van der Waals surface area (Å²) in [7, 11) is -3.99. The third-order valence-corrected chi connectivity index (χ3v) is 7.34. The minimum absolute atomic E-state index is 0.0723. The Morgan fingerprint density at radius 2 is 1.77 bits per heavy atom. The van der Waals surface area contributed by atoms with Gasteiger partial charge in [-0.05, 0) is 42.8 Å². The Kier molecular flexibility index (Phi) is 7.22. The number of aryl methyl sites for hydroxylation is 1. The minimum Gasteiger partial charge on any atom is -0.348 e. The molecule has 0 saturated heterocycles. The summed E-state index contributed by atoms with van der Waals surface area (Å²) in [5, 5.41) is 13.7. The number of nitriles is 1. The van der Waals surface area contributed by atoms with Crippen molar-refractivity contribution in [2.75, 3.05) is 5.32 Å². The minimum atomic E-state index is -3.99. The number of anilines is 1. The second kappa shape index (κ2) is 9.86. The van der Waals surface area contributed by atoms with Crippen LogP contribution in [0, 0.1) is 18.3 Å². The molecule has 3 aromatic carbocycles. The fourth-order valence-corrected chi connectivity index (χ4v) is 5.48. The normalized spacial score (nSPS) is 12.0. The molecule has 1 N–H and O–H groups in total. The van der Waals surface area contributed by atoms with Gasteiger partial charge in [0.25, 0.3) is 0 Å². The molecule has 0 radical (unpaired) electrons. The third-order valence-electron chi connectivity index (χ3n) is 4.18. The highest BCUT2D eigenvalue weighted by Crippen LogP contribution is 2.32. The van der Waals surface area contributed by atoms with Gasteiger partial charge < -0.3 is 5.32 Å². The standard InChI is InChI=1S/C23H19ClN2O2S2/c1-17-7-5-8-18(13-17)16-29-23(26-20-10-6-9-19(24)14-20)22(15-25)30(27,28)21-11-3-2-4-12-21/h2-14,26H,16H2,1H3/b23-22+. The fraction of sp³-hybridized carbons (Fsp3) is 0.0870. The predicted octanol–water partition coefficient (Wildman–Crippen LogP) is 6.16. The summed E-state index contributed by atoms with van der Waals surface area (Å²) in [5.74, 6) is 0.500. The van der Waals surface area contributed by atoms with Gasteiger partial charge in [0, 0.05) is 16.5 Å². The van der Waals surface area contributed by atoms with E-state index in [1.54, 1.807) is 42.5 Å². The van der Waals surface area contributed by atoms with Crippen LogP contribution < -0.4 is 5.32 Å². The number of nitrogens with zero attached hydrogens (tertiary/aromatic N) is 1.